The van der Waals surface area contributed by atoms with E-state index in [1.165, 1.54) is 6.42 Å². The first kappa shape index (κ1) is 14.8. The maximum Gasteiger partial charge on any atom is 0.256 e. The third-order valence-corrected chi connectivity index (χ3v) is 4.04. The molecule has 0 saturated carbocycles. The van der Waals surface area contributed by atoms with Gasteiger partial charge in [0, 0.05) is 24.8 Å². The summed E-state index contributed by atoms with van der Waals surface area (Å²) in [7, 11) is 0. The van der Waals surface area contributed by atoms with E-state index in [-0.39, 0.29) is 5.91 Å². The summed E-state index contributed by atoms with van der Waals surface area (Å²) in [5, 5.41) is 3.30. The Bertz CT molecular complexity index is 451. The minimum Gasteiger partial charge on any atom is -0.383 e. The van der Waals surface area contributed by atoms with Crippen LogP contribution in [0.15, 0.2) is 18.5 Å². The third kappa shape index (κ3) is 3.11. The average molecular weight is 275 g/mol. The van der Waals surface area contributed by atoms with E-state index in [0.717, 1.165) is 37.1 Å². The zero-order valence-corrected chi connectivity index (χ0v) is 12.7. The Balaban J connectivity index is 2.23. The normalized spacial score (nSPS) is 22.6. The Hall–Kier alpha value is -1.58. The van der Waals surface area contributed by atoms with Crippen LogP contribution in [0.1, 0.15) is 56.8 Å². The minimum atomic E-state index is 0.130. The van der Waals surface area contributed by atoms with Gasteiger partial charge in [-0.3, -0.25) is 9.78 Å². The number of amides is 1. The predicted molar refractivity (Wildman–Crippen MR) is 82.0 cm³/mol. The van der Waals surface area contributed by atoms with Crippen molar-refractivity contribution in [1.82, 2.24) is 9.88 Å². The van der Waals surface area contributed by atoms with E-state index in [2.05, 4.69) is 31.1 Å². The molecular weight excluding hydrogens is 250 g/mol. The van der Waals surface area contributed by atoms with Gasteiger partial charge in [-0.15, -0.1) is 0 Å². The first-order valence-electron chi connectivity index (χ1n) is 7.65. The van der Waals surface area contributed by atoms with E-state index in [4.69, 9.17) is 0 Å². The molecule has 0 aliphatic carbocycles. The van der Waals surface area contributed by atoms with Crippen LogP contribution < -0.4 is 5.32 Å². The molecule has 4 nitrogen and oxygen atoms in total. The quantitative estimate of drug-likeness (QED) is 0.917. The number of carbonyl (C=O) groups is 1. The molecule has 20 heavy (non-hydrogen) atoms. The van der Waals surface area contributed by atoms with Crippen molar-refractivity contribution < 1.29 is 4.79 Å². The number of nitrogens with one attached hydrogen (secondary N) is 1. The highest BCUT2D eigenvalue weighted by atomic mass is 16.2. The van der Waals surface area contributed by atoms with E-state index in [1.807, 2.05) is 11.0 Å². The number of hydrogen-bond acceptors (Lipinski definition) is 3. The van der Waals surface area contributed by atoms with Crippen molar-refractivity contribution in [3.05, 3.63) is 24.0 Å². The predicted octanol–water partition coefficient (Wildman–Crippen LogP) is 3.31. The molecule has 1 N–H and O–H groups in total. The molecule has 4 heteroatoms. The van der Waals surface area contributed by atoms with Crippen LogP contribution >= 0.6 is 0 Å². The van der Waals surface area contributed by atoms with Crippen molar-refractivity contribution >= 4 is 11.6 Å². The smallest absolute Gasteiger partial charge is 0.256 e. The van der Waals surface area contributed by atoms with Crippen molar-refractivity contribution in [2.45, 2.75) is 58.5 Å². The molecule has 1 saturated heterocycles. The molecule has 0 bridgehead atoms. The molecule has 1 aliphatic rings. The highest BCUT2D eigenvalue weighted by molar-refractivity contribution is 5.99. The zero-order valence-electron chi connectivity index (χ0n) is 12.7. The molecule has 0 aromatic carbocycles. The zero-order chi connectivity index (χ0) is 14.5. The number of anilines is 1. The first-order valence-corrected chi connectivity index (χ1v) is 7.65. The summed E-state index contributed by atoms with van der Waals surface area (Å²) in [5.41, 5.74) is 1.60. The number of nitrogens with zero attached hydrogens (tertiary/aromatic N) is 2. The molecule has 2 unspecified atom stereocenters. The fourth-order valence-electron chi connectivity index (χ4n) is 2.94. The summed E-state index contributed by atoms with van der Waals surface area (Å²) >= 11 is 0. The second kappa shape index (κ2) is 6.73. The molecule has 0 spiro atoms. The van der Waals surface area contributed by atoms with Gasteiger partial charge in [0.1, 0.15) is 0 Å². The Morgan fingerprint density at radius 1 is 1.40 bits per heavy atom. The summed E-state index contributed by atoms with van der Waals surface area (Å²) in [6, 6.07) is 2.46. The number of pyridine rings is 1. The molecule has 1 aliphatic heterocycles. The lowest BCUT2D eigenvalue weighted by Gasteiger charge is -2.39. The molecule has 1 aromatic heterocycles. The highest BCUT2D eigenvalue weighted by Crippen LogP contribution is 2.26. The monoisotopic (exact) mass is 275 g/mol. The van der Waals surface area contributed by atoms with E-state index in [9.17, 15) is 4.79 Å². The maximum atomic E-state index is 12.9. The molecule has 1 fully saturated rings. The van der Waals surface area contributed by atoms with Crippen LogP contribution in [-0.2, 0) is 0 Å². The van der Waals surface area contributed by atoms with E-state index < -0.39 is 0 Å². The number of hydrogen-bond donors (Lipinski definition) is 1. The molecule has 110 valence electrons. The van der Waals surface area contributed by atoms with Gasteiger partial charge in [0.25, 0.3) is 5.91 Å². The number of aromatic nitrogens is 1. The first-order chi connectivity index (χ1) is 9.65. The largest absolute Gasteiger partial charge is 0.383 e. The van der Waals surface area contributed by atoms with Gasteiger partial charge in [-0.25, -0.2) is 0 Å². The standard InChI is InChI=1S/C16H25N3O/c1-4-9-18-15-11-17-10-8-14(15)16(20)19-12(2)6-5-7-13(19)3/h8,10-13,18H,4-7,9H2,1-3H3. The number of carbonyl (C=O) groups excluding carboxylic acids is 1. The fourth-order valence-corrected chi connectivity index (χ4v) is 2.94. The lowest BCUT2D eigenvalue weighted by atomic mass is 9.96. The summed E-state index contributed by atoms with van der Waals surface area (Å²) in [5.74, 6) is 0.130. The molecular formula is C16H25N3O. The molecule has 2 atom stereocenters. The lowest BCUT2D eigenvalue weighted by Crippen LogP contribution is -2.47. The van der Waals surface area contributed by atoms with Gasteiger partial charge in [-0.05, 0) is 45.6 Å². The van der Waals surface area contributed by atoms with Gasteiger partial charge in [0.05, 0.1) is 17.4 Å². The molecule has 2 rings (SSSR count). The molecule has 1 aromatic rings. The molecule has 0 radical (unpaired) electrons. The van der Waals surface area contributed by atoms with Crippen LogP contribution in [0.3, 0.4) is 0 Å². The highest BCUT2D eigenvalue weighted by Gasteiger charge is 2.30. The average Bonchev–Trinajstić information content (AvgIpc) is 2.45. The van der Waals surface area contributed by atoms with Crippen LogP contribution in [0.4, 0.5) is 5.69 Å². The van der Waals surface area contributed by atoms with E-state index in [1.54, 1.807) is 12.4 Å². The number of likely N-dealkylation sites (tertiary alicyclic amines) is 1. The molecule has 1 amide bonds. The minimum absolute atomic E-state index is 0.130. The maximum absolute atomic E-state index is 12.9. The van der Waals surface area contributed by atoms with Gasteiger partial charge in [0.15, 0.2) is 0 Å². The van der Waals surface area contributed by atoms with Crippen molar-refractivity contribution in [3.63, 3.8) is 0 Å². The third-order valence-electron chi connectivity index (χ3n) is 4.04. The fraction of sp³-hybridized carbons (Fsp3) is 0.625. The molecule has 2 heterocycles. The van der Waals surface area contributed by atoms with Gasteiger partial charge in [0.2, 0.25) is 0 Å². The van der Waals surface area contributed by atoms with Crippen LogP contribution in [0.5, 0.6) is 0 Å². The Labute approximate surface area is 121 Å². The topological polar surface area (TPSA) is 45.2 Å². The Kier molecular flexibility index (Phi) is 4.99. The summed E-state index contributed by atoms with van der Waals surface area (Å²) in [6.45, 7) is 7.26. The van der Waals surface area contributed by atoms with Gasteiger partial charge >= 0.3 is 0 Å². The second-order valence-electron chi connectivity index (χ2n) is 5.69. The number of rotatable bonds is 4. The Morgan fingerprint density at radius 2 is 2.10 bits per heavy atom. The lowest BCUT2D eigenvalue weighted by molar-refractivity contribution is 0.0511. The van der Waals surface area contributed by atoms with Crippen LogP contribution in [0.2, 0.25) is 0 Å². The van der Waals surface area contributed by atoms with E-state index >= 15 is 0 Å². The second-order valence-corrected chi connectivity index (χ2v) is 5.69. The van der Waals surface area contributed by atoms with Crippen molar-refractivity contribution in [2.24, 2.45) is 0 Å². The van der Waals surface area contributed by atoms with E-state index in [0.29, 0.717) is 12.1 Å². The van der Waals surface area contributed by atoms with Crippen molar-refractivity contribution in [1.29, 1.82) is 0 Å². The van der Waals surface area contributed by atoms with Gasteiger partial charge < -0.3 is 10.2 Å². The van der Waals surface area contributed by atoms with Crippen molar-refractivity contribution in [2.75, 3.05) is 11.9 Å². The van der Waals surface area contributed by atoms with Gasteiger partial charge in [-0.2, -0.15) is 0 Å². The summed E-state index contributed by atoms with van der Waals surface area (Å²) in [4.78, 5) is 19.0. The summed E-state index contributed by atoms with van der Waals surface area (Å²) in [6.07, 6.45) is 7.88. The van der Waals surface area contributed by atoms with Crippen LogP contribution in [0.25, 0.3) is 0 Å². The Morgan fingerprint density at radius 3 is 2.75 bits per heavy atom. The van der Waals surface area contributed by atoms with Crippen LogP contribution in [0, 0.1) is 0 Å². The summed E-state index contributed by atoms with van der Waals surface area (Å²) < 4.78 is 0. The number of piperidine rings is 1. The van der Waals surface area contributed by atoms with Crippen molar-refractivity contribution in [3.8, 4) is 0 Å². The van der Waals surface area contributed by atoms with Gasteiger partial charge in [-0.1, -0.05) is 6.92 Å². The van der Waals surface area contributed by atoms with Crippen LogP contribution in [-0.4, -0.2) is 34.4 Å². The SMILES string of the molecule is CCCNc1cnccc1C(=O)N1C(C)CCCC1C.